The van der Waals surface area contributed by atoms with E-state index in [0.29, 0.717) is 6.04 Å². The SMILES string of the molecule is CCCCCCCCCCCCCCC(N)CCc1ccccc1.Cl. The number of hydrogen-bond acceptors (Lipinski definition) is 1. The summed E-state index contributed by atoms with van der Waals surface area (Å²) in [4.78, 5) is 0. The second kappa shape index (κ2) is 18.3. The Morgan fingerprint density at radius 1 is 0.680 bits per heavy atom. The normalized spacial score (nSPS) is 11.9. The van der Waals surface area contributed by atoms with Gasteiger partial charge in [-0.25, -0.2) is 0 Å². The van der Waals surface area contributed by atoms with Gasteiger partial charge in [0.1, 0.15) is 0 Å². The van der Waals surface area contributed by atoms with E-state index in [9.17, 15) is 0 Å². The fraction of sp³-hybridized carbons (Fsp3) is 0.739. The van der Waals surface area contributed by atoms with Crippen molar-refractivity contribution in [2.45, 2.75) is 109 Å². The second-order valence-electron chi connectivity index (χ2n) is 7.46. The second-order valence-corrected chi connectivity index (χ2v) is 7.46. The molecule has 0 fully saturated rings. The summed E-state index contributed by atoms with van der Waals surface area (Å²) in [6.07, 6.45) is 20.4. The Bertz CT molecular complexity index is 366. The summed E-state index contributed by atoms with van der Waals surface area (Å²) in [6.45, 7) is 2.29. The Kier molecular flexibility index (Phi) is 17.9. The van der Waals surface area contributed by atoms with Crippen molar-refractivity contribution in [3.8, 4) is 0 Å². The lowest BCUT2D eigenvalue weighted by Gasteiger charge is -2.11. The van der Waals surface area contributed by atoms with Gasteiger partial charge in [-0.3, -0.25) is 0 Å². The van der Waals surface area contributed by atoms with Crippen molar-refractivity contribution in [3.05, 3.63) is 35.9 Å². The molecule has 25 heavy (non-hydrogen) atoms. The molecule has 0 amide bonds. The Hall–Kier alpha value is -0.530. The highest BCUT2D eigenvalue weighted by atomic mass is 35.5. The van der Waals surface area contributed by atoms with E-state index in [-0.39, 0.29) is 12.4 Å². The molecule has 0 spiro atoms. The number of nitrogens with two attached hydrogens (primary N) is 1. The molecule has 1 unspecified atom stereocenters. The summed E-state index contributed by atoms with van der Waals surface area (Å²) in [5.41, 5.74) is 7.67. The first-order valence-electron chi connectivity index (χ1n) is 10.6. The lowest BCUT2D eigenvalue weighted by atomic mass is 10.00. The Labute approximate surface area is 163 Å². The average molecular weight is 368 g/mol. The molecule has 2 N–H and O–H groups in total. The number of hydrogen-bond donors (Lipinski definition) is 1. The topological polar surface area (TPSA) is 26.0 Å². The molecular formula is C23H42ClN. The monoisotopic (exact) mass is 367 g/mol. The van der Waals surface area contributed by atoms with Crippen LogP contribution >= 0.6 is 12.4 Å². The van der Waals surface area contributed by atoms with Crippen LogP contribution in [0, 0.1) is 0 Å². The van der Waals surface area contributed by atoms with E-state index in [1.54, 1.807) is 0 Å². The Morgan fingerprint density at radius 2 is 1.16 bits per heavy atom. The van der Waals surface area contributed by atoms with Crippen LogP contribution < -0.4 is 5.73 Å². The fourth-order valence-electron chi connectivity index (χ4n) is 3.39. The molecule has 1 aromatic rings. The first-order chi connectivity index (χ1) is 11.8. The number of benzene rings is 1. The van der Waals surface area contributed by atoms with Gasteiger partial charge in [0.2, 0.25) is 0 Å². The zero-order valence-electron chi connectivity index (χ0n) is 16.6. The van der Waals surface area contributed by atoms with Crippen LogP contribution in [-0.2, 0) is 6.42 Å². The van der Waals surface area contributed by atoms with Gasteiger partial charge in [0, 0.05) is 6.04 Å². The largest absolute Gasteiger partial charge is 0.328 e. The van der Waals surface area contributed by atoms with Crippen LogP contribution in [-0.4, -0.2) is 6.04 Å². The molecule has 0 radical (unpaired) electrons. The maximum absolute atomic E-state index is 6.25. The van der Waals surface area contributed by atoms with Crippen LogP contribution in [0.5, 0.6) is 0 Å². The summed E-state index contributed by atoms with van der Waals surface area (Å²) in [5, 5.41) is 0. The molecular weight excluding hydrogens is 326 g/mol. The number of halogens is 1. The molecule has 1 atom stereocenters. The highest BCUT2D eigenvalue weighted by Crippen LogP contribution is 2.14. The van der Waals surface area contributed by atoms with Gasteiger partial charge in [-0.05, 0) is 24.8 Å². The molecule has 0 saturated heterocycles. The maximum Gasteiger partial charge on any atom is 0.00419 e. The van der Waals surface area contributed by atoms with E-state index in [1.165, 1.54) is 89.0 Å². The number of aryl methyl sites for hydroxylation is 1. The van der Waals surface area contributed by atoms with Crippen molar-refractivity contribution in [2.24, 2.45) is 5.73 Å². The smallest absolute Gasteiger partial charge is 0.00419 e. The predicted molar refractivity (Wildman–Crippen MR) is 116 cm³/mol. The maximum atomic E-state index is 6.25. The molecule has 0 saturated carbocycles. The van der Waals surface area contributed by atoms with Gasteiger partial charge in [0.25, 0.3) is 0 Å². The molecule has 0 aliphatic rings. The summed E-state index contributed by atoms with van der Waals surface area (Å²) in [6, 6.07) is 11.1. The first-order valence-corrected chi connectivity index (χ1v) is 10.6. The summed E-state index contributed by atoms with van der Waals surface area (Å²) in [5.74, 6) is 0. The standard InChI is InChI=1S/C23H41N.ClH/c1-2-3-4-5-6-7-8-9-10-11-12-16-19-23(24)21-20-22-17-14-13-15-18-22;/h13-15,17-18,23H,2-12,16,19-21,24H2,1H3;1H. The summed E-state index contributed by atoms with van der Waals surface area (Å²) >= 11 is 0. The lowest BCUT2D eigenvalue weighted by molar-refractivity contribution is 0.503. The van der Waals surface area contributed by atoms with E-state index in [2.05, 4.69) is 37.3 Å². The van der Waals surface area contributed by atoms with Crippen molar-refractivity contribution in [1.29, 1.82) is 0 Å². The third-order valence-corrected chi connectivity index (χ3v) is 5.08. The predicted octanol–water partition coefficient (Wildman–Crippen LogP) is 7.46. The van der Waals surface area contributed by atoms with Crippen LogP contribution in [0.1, 0.15) is 102 Å². The van der Waals surface area contributed by atoms with E-state index in [4.69, 9.17) is 5.73 Å². The minimum Gasteiger partial charge on any atom is -0.328 e. The average Bonchev–Trinajstić information content (AvgIpc) is 2.62. The van der Waals surface area contributed by atoms with Crippen LogP contribution in [0.2, 0.25) is 0 Å². The minimum atomic E-state index is 0. The third kappa shape index (κ3) is 15.4. The van der Waals surface area contributed by atoms with E-state index in [1.807, 2.05) is 0 Å². The molecule has 146 valence electrons. The molecule has 1 rings (SSSR count). The summed E-state index contributed by atoms with van der Waals surface area (Å²) in [7, 11) is 0. The molecule has 0 heterocycles. The Balaban J connectivity index is 0.00000576. The number of unbranched alkanes of at least 4 members (excludes halogenated alkanes) is 11. The molecule has 0 aliphatic carbocycles. The quantitative estimate of drug-likeness (QED) is 0.301. The van der Waals surface area contributed by atoms with Crippen molar-refractivity contribution >= 4 is 12.4 Å². The van der Waals surface area contributed by atoms with E-state index < -0.39 is 0 Å². The van der Waals surface area contributed by atoms with E-state index >= 15 is 0 Å². The molecule has 1 aromatic carbocycles. The van der Waals surface area contributed by atoms with Crippen LogP contribution in [0.25, 0.3) is 0 Å². The lowest BCUT2D eigenvalue weighted by Crippen LogP contribution is -2.20. The van der Waals surface area contributed by atoms with Gasteiger partial charge in [-0.2, -0.15) is 0 Å². The molecule has 0 aliphatic heterocycles. The van der Waals surface area contributed by atoms with Crippen molar-refractivity contribution in [2.75, 3.05) is 0 Å². The van der Waals surface area contributed by atoms with Crippen molar-refractivity contribution in [1.82, 2.24) is 0 Å². The van der Waals surface area contributed by atoms with Gasteiger partial charge in [0.15, 0.2) is 0 Å². The summed E-state index contributed by atoms with van der Waals surface area (Å²) < 4.78 is 0. The van der Waals surface area contributed by atoms with Crippen molar-refractivity contribution in [3.63, 3.8) is 0 Å². The van der Waals surface area contributed by atoms with E-state index in [0.717, 1.165) is 12.8 Å². The minimum absolute atomic E-state index is 0. The van der Waals surface area contributed by atoms with Gasteiger partial charge in [-0.1, -0.05) is 114 Å². The Morgan fingerprint density at radius 3 is 1.68 bits per heavy atom. The van der Waals surface area contributed by atoms with Crippen LogP contribution in [0.15, 0.2) is 30.3 Å². The molecule has 2 heteroatoms. The van der Waals surface area contributed by atoms with Gasteiger partial charge >= 0.3 is 0 Å². The highest BCUT2D eigenvalue weighted by Gasteiger charge is 2.03. The zero-order chi connectivity index (χ0) is 17.3. The van der Waals surface area contributed by atoms with Crippen LogP contribution in [0.3, 0.4) is 0 Å². The zero-order valence-corrected chi connectivity index (χ0v) is 17.4. The van der Waals surface area contributed by atoms with Crippen LogP contribution in [0.4, 0.5) is 0 Å². The van der Waals surface area contributed by atoms with Gasteiger partial charge in [0.05, 0.1) is 0 Å². The fourth-order valence-corrected chi connectivity index (χ4v) is 3.39. The van der Waals surface area contributed by atoms with Gasteiger partial charge < -0.3 is 5.73 Å². The van der Waals surface area contributed by atoms with Crippen molar-refractivity contribution < 1.29 is 0 Å². The molecule has 0 bridgehead atoms. The third-order valence-electron chi connectivity index (χ3n) is 5.08. The van der Waals surface area contributed by atoms with Gasteiger partial charge in [-0.15, -0.1) is 12.4 Å². The highest BCUT2D eigenvalue weighted by molar-refractivity contribution is 5.85. The molecule has 1 nitrogen and oxygen atoms in total. The molecule has 0 aromatic heterocycles. The first kappa shape index (κ1) is 24.5. The number of rotatable bonds is 16.